The summed E-state index contributed by atoms with van der Waals surface area (Å²) in [6, 6.07) is 1.39. The second kappa shape index (κ2) is 4.78. The van der Waals surface area contributed by atoms with Gasteiger partial charge in [0, 0.05) is 24.7 Å². The number of pyridine rings is 1. The molecule has 1 saturated heterocycles. The quantitative estimate of drug-likeness (QED) is 0.462. The first-order valence-corrected chi connectivity index (χ1v) is 7.00. The Hall–Kier alpha value is -2.10. The SMILES string of the molecule is Cc1ccnc(N2CC(S(=O)(=O)F)CC2=O)c1[N+](=O)[O-]. The molecule has 1 atom stereocenters. The second-order valence-corrected chi connectivity index (χ2v) is 5.98. The van der Waals surface area contributed by atoms with Gasteiger partial charge in [-0.25, -0.2) is 4.98 Å². The number of aryl methyl sites for hydroxylation is 1. The summed E-state index contributed by atoms with van der Waals surface area (Å²) in [5, 5.41) is 9.50. The smallest absolute Gasteiger partial charge is 0.290 e. The van der Waals surface area contributed by atoms with Gasteiger partial charge in [0.15, 0.2) is 0 Å². The van der Waals surface area contributed by atoms with E-state index in [-0.39, 0.29) is 11.4 Å². The van der Waals surface area contributed by atoms with Crippen LogP contribution in [0.5, 0.6) is 0 Å². The Morgan fingerprint density at radius 1 is 1.55 bits per heavy atom. The van der Waals surface area contributed by atoms with Gasteiger partial charge in [-0.1, -0.05) is 0 Å². The molecule has 10 heteroatoms. The number of carbonyl (C=O) groups excluding carboxylic acids is 1. The highest BCUT2D eigenvalue weighted by Crippen LogP contribution is 2.33. The average molecular weight is 303 g/mol. The molecule has 0 radical (unpaired) electrons. The van der Waals surface area contributed by atoms with Gasteiger partial charge in [-0.15, -0.1) is 3.89 Å². The van der Waals surface area contributed by atoms with E-state index in [4.69, 9.17) is 0 Å². The zero-order chi connectivity index (χ0) is 15.1. The van der Waals surface area contributed by atoms with Crippen molar-refractivity contribution in [1.82, 2.24) is 4.98 Å². The van der Waals surface area contributed by atoms with Gasteiger partial charge in [0.05, 0.1) is 4.92 Å². The van der Waals surface area contributed by atoms with Crippen LogP contribution in [0, 0.1) is 17.0 Å². The van der Waals surface area contributed by atoms with Crippen LogP contribution in [0.4, 0.5) is 15.4 Å². The van der Waals surface area contributed by atoms with Gasteiger partial charge in [-0.2, -0.15) is 8.42 Å². The van der Waals surface area contributed by atoms with Gasteiger partial charge in [-0.05, 0) is 13.0 Å². The highest BCUT2D eigenvalue weighted by molar-refractivity contribution is 7.87. The largest absolute Gasteiger partial charge is 0.314 e. The van der Waals surface area contributed by atoms with Gasteiger partial charge in [0.25, 0.3) is 0 Å². The number of hydrogen-bond donors (Lipinski definition) is 0. The monoisotopic (exact) mass is 303 g/mol. The first-order chi connectivity index (χ1) is 9.21. The van der Waals surface area contributed by atoms with Gasteiger partial charge >= 0.3 is 15.9 Å². The minimum atomic E-state index is -4.88. The maximum Gasteiger partial charge on any atom is 0.314 e. The van der Waals surface area contributed by atoms with Crippen molar-refractivity contribution in [2.45, 2.75) is 18.6 Å². The lowest BCUT2D eigenvalue weighted by Crippen LogP contribution is -2.28. The Balaban J connectivity index is 2.46. The molecule has 0 N–H and O–H groups in total. The van der Waals surface area contributed by atoms with Crippen molar-refractivity contribution < 1.29 is 22.0 Å². The Kier molecular flexibility index (Phi) is 3.42. The number of halogens is 1. The normalized spacial score (nSPS) is 19.4. The summed E-state index contributed by atoms with van der Waals surface area (Å²) < 4.78 is 34.6. The molecule has 0 aliphatic carbocycles. The number of aromatic nitrogens is 1. The van der Waals surface area contributed by atoms with Crippen LogP contribution in [0.25, 0.3) is 0 Å². The predicted molar refractivity (Wildman–Crippen MR) is 66.4 cm³/mol. The van der Waals surface area contributed by atoms with Gasteiger partial charge < -0.3 is 0 Å². The molecule has 1 unspecified atom stereocenters. The fraction of sp³-hybridized carbons (Fsp3) is 0.400. The van der Waals surface area contributed by atoms with Crippen molar-refractivity contribution in [2.24, 2.45) is 0 Å². The molecule has 0 saturated carbocycles. The van der Waals surface area contributed by atoms with Crippen LogP contribution in [0.15, 0.2) is 12.3 Å². The number of anilines is 1. The summed E-state index contributed by atoms with van der Waals surface area (Å²) in [5.74, 6) is -0.969. The summed E-state index contributed by atoms with van der Waals surface area (Å²) in [4.78, 5) is 26.7. The number of nitro groups is 1. The fourth-order valence-electron chi connectivity index (χ4n) is 2.03. The van der Waals surface area contributed by atoms with E-state index in [0.717, 1.165) is 4.90 Å². The van der Waals surface area contributed by atoms with Crippen molar-refractivity contribution in [2.75, 3.05) is 11.4 Å². The molecule has 1 aliphatic rings. The first kappa shape index (κ1) is 14.3. The minimum Gasteiger partial charge on any atom is -0.290 e. The van der Waals surface area contributed by atoms with Crippen LogP contribution in [-0.2, 0) is 15.0 Å². The van der Waals surface area contributed by atoms with Crippen molar-refractivity contribution >= 4 is 27.6 Å². The summed E-state index contributed by atoms with van der Waals surface area (Å²) in [7, 11) is -4.88. The number of rotatable bonds is 3. The number of amides is 1. The topological polar surface area (TPSA) is 110 Å². The van der Waals surface area contributed by atoms with E-state index in [0.29, 0.717) is 0 Å². The summed E-state index contributed by atoms with van der Waals surface area (Å²) >= 11 is 0. The van der Waals surface area contributed by atoms with Crippen LogP contribution < -0.4 is 4.90 Å². The highest BCUT2D eigenvalue weighted by atomic mass is 32.3. The zero-order valence-electron chi connectivity index (χ0n) is 10.3. The molecule has 0 aromatic carbocycles. The Labute approximate surface area is 113 Å². The molecule has 1 aromatic heterocycles. The number of hydrogen-bond acceptors (Lipinski definition) is 6. The Morgan fingerprint density at radius 3 is 2.70 bits per heavy atom. The summed E-state index contributed by atoms with van der Waals surface area (Å²) in [6.45, 7) is 0.988. The highest BCUT2D eigenvalue weighted by Gasteiger charge is 2.42. The molecule has 1 aliphatic heterocycles. The molecule has 0 spiro atoms. The third-order valence-corrected chi connectivity index (χ3v) is 4.14. The molecule has 1 amide bonds. The number of nitrogens with zero attached hydrogens (tertiary/aromatic N) is 3. The van der Waals surface area contributed by atoms with Gasteiger partial charge in [0.1, 0.15) is 5.25 Å². The standard InChI is InChI=1S/C10H10FN3O5S/c1-6-2-3-12-10(9(6)14(16)17)13-5-7(4-8(13)15)20(11,18)19/h2-3,7H,4-5H2,1H3. The molecular formula is C10H10FN3O5S. The Bertz CT molecular complexity index is 690. The lowest BCUT2D eigenvalue weighted by atomic mass is 10.2. The maximum absolute atomic E-state index is 12.9. The van der Waals surface area contributed by atoms with E-state index >= 15 is 0 Å². The van der Waals surface area contributed by atoms with Crippen LogP contribution in [0.2, 0.25) is 0 Å². The molecule has 20 heavy (non-hydrogen) atoms. The summed E-state index contributed by atoms with van der Waals surface area (Å²) in [5.41, 5.74) is -0.114. The van der Waals surface area contributed by atoms with Crippen molar-refractivity contribution in [3.8, 4) is 0 Å². The van der Waals surface area contributed by atoms with E-state index in [1.54, 1.807) is 0 Å². The third-order valence-electron chi connectivity index (χ3n) is 3.03. The van der Waals surface area contributed by atoms with Crippen molar-refractivity contribution in [1.29, 1.82) is 0 Å². The molecule has 0 bridgehead atoms. The van der Waals surface area contributed by atoms with E-state index in [1.807, 2.05) is 0 Å². The predicted octanol–water partition coefficient (Wildman–Crippen LogP) is 0.703. The Morgan fingerprint density at radius 2 is 2.20 bits per heavy atom. The zero-order valence-corrected chi connectivity index (χ0v) is 11.1. The summed E-state index contributed by atoms with van der Waals surface area (Å²) in [6.07, 6.45) is 0.716. The van der Waals surface area contributed by atoms with Gasteiger partial charge in [-0.3, -0.25) is 19.8 Å². The van der Waals surface area contributed by atoms with Crippen LogP contribution in [0.3, 0.4) is 0 Å². The molecule has 1 aromatic rings. The maximum atomic E-state index is 12.9. The van der Waals surface area contributed by atoms with Gasteiger partial charge in [0.2, 0.25) is 11.7 Å². The van der Waals surface area contributed by atoms with Crippen LogP contribution >= 0.6 is 0 Å². The van der Waals surface area contributed by atoms with E-state index in [1.165, 1.54) is 19.2 Å². The number of carbonyl (C=O) groups is 1. The van der Waals surface area contributed by atoms with Crippen LogP contribution in [0.1, 0.15) is 12.0 Å². The molecule has 2 heterocycles. The van der Waals surface area contributed by atoms with Crippen molar-refractivity contribution in [3.63, 3.8) is 0 Å². The third kappa shape index (κ3) is 2.46. The molecule has 8 nitrogen and oxygen atoms in total. The van der Waals surface area contributed by atoms with Crippen LogP contribution in [-0.4, -0.2) is 36.0 Å². The first-order valence-electron chi connectivity index (χ1n) is 5.55. The molecule has 2 rings (SSSR count). The lowest BCUT2D eigenvalue weighted by molar-refractivity contribution is -0.384. The minimum absolute atomic E-state index is 0.258. The average Bonchev–Trinajstić information content (AvgIpc) is 2.70. The molecular weight excluding hydrogens is 293 g/mol. The van der Waals surface area contributed by atoms with E-state index in [2.05, 4.69) is 4.98 Å². The van der Waals surface area contributed by atoms with E-state index < -0.39 is 45.0 Å². The fourth-order valence-corrected chi connectivity index (χ4v) is 2.70. The molecule has 108 valence electrons. The lowest BCUT2D eigenvalue weighted by Gasteiger charge is -2.15. The second-order valence-electron chi connectivity index (χ2n) is 4.36. The molecule has 1 fully saturated rings. The van der Waals surface area contributed by atoms with E-state index in [9.17, 15) is 27.2 Å². The van der Waals surface area contributed by atoms with Crippen molar-refractivity contribution in [3.05, 3.63) is 27.9 Å².